The Kier molecular flexibility index (Phi) is 9.18. The summed E-state index contributed by atoms with van der Waals surface area (Å²) in [6, 6.07) is 18.8. The summed E-state index contributed by atoms with van der Waals surface area (Å²) in [5.41, 5.74) is 4.23. The van der Waals surface area contributed by atoms with Crippen LogP contribution in [0.4, 0.5) is 13.2 Å². The van der Waals surface area contributed by atoms with Gasteiger partial charge in [-0.25, -0.2) is 31.3 Å². The molecular formula is C28H27F3N4O7S2. The van der Waals surface area contributed by atoms with Crippen LogP contribution in [0.5, 0.6) is 0 Å². The number of hydrogen-bond donors (Lipinski definition) is 4. The van der Waals surface area contributed by atoms with E-state index in [0.29, 0.717) is 22.5 Å². The molecule has 1 unspecified atom stereocenters. The van der Waals surface area contributed by atoms with Gasteiger partial charge in [-0.3, -0.25) is 9.52 Å². The van der Waals surface area contributed by atoms with E-state index in [9.17, 15) is 34.8 Å². The molecule has 1 saturated heterocycles. The second kappa shape index (κ2) is 12.4. The monoisotopic (exact) mass is 652 g/mol. The molecule has 0 radical (unpaired) electrons. The molecule has 1 fully saturated rings. The molecule has 4 aromatic rings. The number of carboxylic acids is 1. The Hall–Kier alpha value is -4.28. The molecule has 0 aliphatic carbocycles. The van der Waals surface area contributed by atoms with Crippen molar-refractivity contribution >= 4 is 43.0 Å². The number of hydrogen-bond acceptors (Lipinski definition) is 7. The van der Waals surface area contributed by atoms with Crippen molar-refractivity contribution in [2.24, 2.45) is 0 Å². The van der Waals surface area contributed by atoms with E-state index in [1.54, 1.807) is 43.3 Å². The molecular weight excluding hydrogens is 625 g/mol. The summed E-state index contributed by atoms with van der Waals surface area (Å²) in [5.74, 6) is -2.82. The van der Waals surface area contributed by atoms with E-state index in [2.05, 4.69) is 14.7 Å². The zero-order valence-corrected chi connectivity index (χ0v) is 24.8. The van der Waals surface area contributed by atoms with Crippen molar-refractivity contribution in [3.05, 3.63) is 94.8 Å². The van der Waals surface area contributed by atoms with Gasteiger partial charge in [0.1, 0.15) is 11.1 Å². The minimum absolute atomic E-state index is 0.126. The first-order valence-electron chi connectivity index (χ1n) is 12.9. The van der Waals surface area contributed by atoms with Gasteiger partial charge >= 0.3 is 12.1 Å². The Balaban J connectivity index is 0.000000566. The zero-order chi connectivity index (χ0) is 32.4. The van der Waals surface area contributed by atoms with Gasteiger partial charge in [-0.15, -0.1) is 0 Å². The van der Waals surface area contributed by atoms with Crippen molar-refractivity contribution in [2.75, 3.05) is 0 Å². The average Bonchev–Trinajstić information content (AvgIpc) is 3.49. The number of fused-ring (bicyclic) bond motifs is 1. The highest BCUT2D eigenvalue weighted by atomic mass is 32.2. The van der Waals surface area contributed by atoms with E-state index in [1.165, 1.54) is 0 Å². The number of nitrogens with zero attached hydrogens (tertiary/aromatic N) is 1. The fourth-order valence-corrected chi connectivity index (χ4v) is 7.49. The van der Waals surface area contributed by atoms with Crippen molar-refractivity contribution in [3.63, 3.8) is 0 Å². The first-order chi connectivity index (χ1) is 20.5. The first kappa shape index (κ1) is 32.6. The number of amides is 1. The minimum atomic E-state index is -5.08. The highest BCUT2D eigenvalue weighted by molar-refractivity contribution is 7.90. The second-order valence-corrected chi connectivity index (χ2v) is 13.6. The standard InChI is InChI=1S/C26H26N4O5S2.C2HF3O2/c1-16-7-8-17(2)23(13-16)36(32,33)29-22(26-27-20-5-3-4-6-21(20)28-26)14-18-9-11-19(12-10-18)24-15-25(31)30-37(24,34)35;3-2(4,5)1(6)7/h3-13,22,24,29H,14-15H2,1-2H3,(H,27,28)(H,30,31);(H,6,7)/t22-,24?;/m0./s1. The van der Waals surface area contributed by atoms with E-state index in [-0.39, 0.29) is 17.7 Å². The number of benzene rings is 3. The quantitative estimate of drug-likeness (QED) is 0.232. The average molecular weight is 653 g/mol. The molecule has 0 saturated carbocycles. The van der Waals surface area contributed by atoms with Crippen LogP contribution in [-0.2, 0) is 36.1 Å². The lowest BCUT2D eigenvalue weighted by molar-refractivity contribution is -0.192. The van der Waals surface area contributed by atoms with E-state index >= 15 is 0 Å². The van der Waals surface area contributed by atoms with Crippen LogP contribution >= 0.6 is 0 Å². The van der Waals surface area contributed by atoms with Crippen molar-refractivity contribution in [3.8, 4) is 0 Å². The summed E-state index contributed by atoms with van der Waals surface area (Å²) in [7, 11) is -7.65. The Labute approximate surface area is 250 Å². The number of carbonyl (C=O) groups is 2. The topological polar surface area (TPSA) is 175 Å². The van der Waals surface area contributed by atoms with E-state index in [1.807, 2.05) is 42.0 Å². The number of para-hydroxylation sites is 2. The Bertz CT molecular complexity index is 1890. The lowest BCUT2D eigenvalue weighted by Crippen LogP contribution is -2.31. The number of alkyl halides is 3. The van der Waals surface area contributed by atoms with Crippen LogP contribution in [-0.4, -0.2) is 50.0 Å². The number of carbonyl (C=O) groups excluding carboxylic acids is 1. The molecule has 0 bridgehead atoms. The van der Waals surface area contributed by atoms with Gasteiger partial charge in [-0.05, 0) is 60.7 Å². The maximum absolute atomic E-state index is 13.5. The molecule has 3 aromatic carbocycles. The number of H-pyrrole nitrogens is 1. The van der Waals surface area contributed by atoms with Crippen LogP contribution < -0.4 is 9.44 Å². The molecule has 5 rings (SSSR count). The van der Waals surface area contributed by atoms with Gasteiger partial charge in [-0.1, -0.05) is 48.5 Å². The van der Waals surface area contributed by atoms with Gasteiger partial charge in [0.2, 0.25) is 26.0 Å². The number of carboxylic acid groups (broad SMARTS) is 1. The molecule has 1 aliphatic heterocycles. The third-order valence-corrected chi connectivity index (χ3v) is 10.0. The number of halogens is 3. The number of aromatic amines is 1. The molecule has 1 amide bonds. The number of aryl methyl sites for hydroxylation is 2. The highest BCUT2D eigenvalue weighted by Crippen LogP contribution is 2.31. The zero-order valence-electron chi connectivity index (χ0n) is 23.2. The van der Waals surface area contributed by atoms with Crippen molar-refractivity contribution in [1.29, 1.82) is 0 Å². The van der Waals surface area contributed by atoms with Crippen LogP contribution in [0.25, 0.3) is 11.0 Å². The number of sulfonamides is 2. The maximum atomic E-state index is 13.5. The van der Waals surface area contributed by atoms with Crippen LogP contribution in [0.2, 0.25) is 0 Å². The van der Waals surface area contributed by atoms with E-state index in [0.717, 1.165) is 16.6 Å². The lowest BCUT2D eigenvalue weighted by atomic mass is 10.0. The summed E-state index contributed by atoms with van der Waals surface area (Å²) in [6.07, 6.45) is -4.95. The molecule has 1 aliphatic rings. The normalized spacial score (nSPS) is 17.0. The van der Waals surface area contributed by atoms with E-state index < -0.39 is 49.4 Å². The summed E-state index contributed by atoms with van der Waals surface area (Å²) in [6.45, 7) is 3.59. The molecule has 0 spiro atoms. The number of rotatable bonds is 7. The van der Waals surface area contributed by atoms with Crippen molar-refractivity contribution in [1.82, 2.24) is 19.4 Å². The first-order valence-corrected chi connectivity index (χ1v) is 16.0. The molecule has 2 atom stereocenters. The summed E-state index contributed by atoms with van der Waals surface area (Å²) in [5, 5.41) is 6.18. The largest absolute Gasteiger partial charge is 0.490 e. The smallest absolute Gasteiger partial charge is 0.475 e. The predicted molar refractivity (Wildman–Crippen MR) is 153 cm³/mol. The van der Waals surface area contributed by atoms with Crippen LogP contribution in [0.15, 0.2) is 71.6 Å². The molecule has 234 valence electrons. The molecule has 44 heavy (non-hydrogen) atoms. The molecule has 11 nitrogen and oxygen atoms in total. The van der Waals surface area contributed by atoms with Crippen LogP contribution in [0.1, 0.15) is 45.8 Å². The third kappa shape index (κ3) is 7.62. The van der Waals surface area contributed by atoms with Crippen molar-refractivity contribution < 1.29 is 44.7 Å². The summed E-state index contributed by atoms with van der Waals surface area (Å²) in [4.78, 5) is 28.6. The number of imidazole rings is 1. The van der Waals surface area contributed by atoms with Gasteiger partial charge in [-0.2, -0.15) is 13.2 Å². The van der Waals surface area contributed by atoms with Gasteiger partial charge in [0, 0.05) is 0 Å². The van der Waals surface area contributed by atoms with Gasteiger partial charge in [0.15, 0.2) is 0 Å². The number of aromatic nitrogens is 2. The van der Waals surface area contributed by atoms with Crippen molar-refractivity contribution in [2.45, 2.75) is 49.1 Å². The van der Waals surface area contributed by atoms with Gasteiger partial charge in [0.05, 0.1) is 28.4 Å². The maximum Gasteiger partial charge on any atom is 0.490 e. The van der Waals surface area contributed by atoms with E-state index in [4.69, 9.17) is 9.90 Å². The summed E-state index contributed by atoms with van der Waals surface area (Å²) < 4.78 is 88.0. The number of nitrogens with one attached hydrogen (secondary N) is 3. The molecule has 2 heterocycles. The Morgan fingerprint density at radius 2 is 1.73 bits per heavy atom. The minimum Gasteiger partial charge on any atom is -0.475 e. The van der Waals surface area contributed by atoms with Crippen LogP contribution in [0, 0.1) is 13.8 Å². The Morgan fingerprint density at radius 1 is 1.09 bits per heavy atom. The predicted octanol–water partition coefficient (Wildman–Crippen LogP) is 3.97. The fraction of sp³-hybridized carbons (Fsp3) is 0.250. The third-order valence-electron chi connectivity index (χ3n) is 6.70. The van der Waals surface area contributed by atoms with Crippen LogP contribution in [0.3, 0.4) is 0 Å². The fourth-order valence-electron chi connectivity index (χ4n) is 4.53. The SMILES string of the molecule is Cc1ccc(C)c(S(=O)(=O)N[C@@H](Cc2ccc(C3CC(=O)NS3(=O)=O)cc2)c2nc3ccccc3[nH]2)c1.O=C(O)C(F)(F)F. The lowest BCUT2D eigenvalue weighted by Gasteiger charge is -2.19. The summed E-state index contributed by atoms with van der Waals surface area (Å²) >= 11 is 0. The van der Waals surface area contributed by atoms with Gasteiger partial charge in [0.25, 0.3) is 0 Å². The second-order valence-electron chi connectivity index (χ2n) is 10.1. The molecule has 1 aromatic heterocycles. The molecule has 4 N–H and O–H groups in total. The Morgan fingerprint density at radius 3 is 2.30 bits per heavy atom. The highest BCUT2D eigenvalue weighted by Gasteiger charge is 2.39. The van der Waals surface area contributed by atoms with Gasteiger partial charge < -0.3 is 10.1 Å². The molecule has 16 heteroatoms. The number of aliphatic carboxylic acids is 1.